The first-order valence-electron chi connectivity index (χ1n) is 5.91. The number of carbonyl (C=O) groups excluding carboxylic acids is 1. The standard InChI is InChI=1S/C13H16BrNO2/c14-10-5-3-4-9(8-10)13(17)15-11-6-1-2-7-12(11)16/h3-5,8,11-12,16H,1-2,6-7H2,(H,15,17)/t11-,12+/m1/s1. The minimum absolute atomic E-state index is 0.102. The Morgan fingerprint density at radius 3 is 2.82 bits per heavy atom. The summed E-state index contributed by atoms with van der Waals surface area (Å²) in [5, 5.41) is 12.7. The van der Waals surface area contributed by atoms with Crippen molar-refractivity contribution in [1.29, 1.82) is 0 Å². The number of rotatable bonds is 2. The normalized spacial score (nSPS) is 24.4. The number of aliphatic hydroxyl groups excluding tert-OH is 1. The highest BCUT2D eigenvalue weighted by molar-refractivity contribution is 9.10. The third kappa shape index (κ3) is 3.30. The average molecular weight is 298 g/mol. The Labute approximate surface area is 109 Å². The van der Waals surface area contributed by atoms with Gasteiger partial charge in [-0.25, -0.2) is 0 Å². The summed E-state index contributed by atoms with van der Waals surface area (Å²) in [5.74, 6) is -0.114. The maximum Gasteiger partial charge on any atom is 0.251 e. The van der Waals surface area contributed by atoms with Gasteiger partial charge in [0, 0.05) is 10.0 Å². The minimum atomic E-state index is -0.403. The smallest absolute Gasteiger partial charge is 0.251 e. The molecule has 1 amide bonds. The lowest BCUT2D eigenvalue weighted by Gasteiger charge is -2.28. The molecule has 1 fully saturated rings. The molecule has 0 spiro atoms. The molecule has 4 heteroatoms. The van der Waals surface area contributed by atoms with E-state index in [-0.39, 0.29) is 11.9 Å². The van der Waals surface area contributed by atoms with Crippen LogP contribution in [0.4, 0.5) is 0 Å². The molecule has 0 bridgehead atoms. The van der Waals surface area contributed by atoms with E-state index >= 15 is 0 Å². The molecule has 2 rings (SSSR count). The van der Waals surface area contributed by atoms with Gasteiger partial charge in [0.15, 0.2) is 0 Å². The highest BCUT2D eigenvalue weighted by Gasteiger charge is 2.24. The summed E-state index contributed by atoms with van der Waals surface area (Å²) in [6, 6.07) is 7.16. The highest BCUT2D eigenvalue weighted by atomic mass is 79.9. The van der Waals surface area contributed by atoms with Crippen molar-refractivity contribution in [2.24, 2.45) is 0 Å². The van der Waals surface area contributed by atoms with E-state index < -0.39 is 6.10 Å². The van der Waals surface area contributed by atoms with Gasteiger partial charge in [-0.05, 0) is 31.0 Å². The van der Waals surface area contributed by atoms with Crippen LogP contribution in [0.15, 0.2) is 28.7 Å². The highest BCUT2D eigenvalue weighted by Crippen LogP contribution is 2.19. The average Bonchev–Trinajstić information content (AvgIpc) is 2.32. The van der Waals surface area contributed by atoms with E-state index in [0.29, 0.717) is 5.56 Å². The zero-order valence-electron chi connectivity index (χ0n) is 9.53. The topological polar surface area (TPSA) is 49.3 Å². The van der Waals surface area contributed by atoms with Gasteiger partial charge in [-0.2, -0.15) is 0 Å². The number of aliphatic hydroxyl groups is 1. The first kappa shape index (κ1) is 12.6. The van der Waals surface area contributed by atoms with Gasteiger partial charge in [0.25, 0.3) is 5.91 Å². The third-order valence-corrected chi connectivity index (χ3v) is 3.63. The van der Waals surface area contributed by atoms with Gasteiger partial charge in [-0.15, -0.1) is 0 Å². The summed E-state index contributed by atoms with van der Waals surface area (Å²) in [6.07, 6.45) is 3.36. The quantitative estimate of drug-likeness (QED) is 0.881. The van der Waals surface area contributed by atoms with E-state index in [4.69, 9.17) is 0 Å². The molecule has 2 N–H and O–H groups in total. The summed E-state index contributed by atoms with van der Waals surface area (Å²) < 4.78 is 0.884. The van der Waals surface area contributed by atoms with Gasteiger partial charge in [-0.3, -0.25) is 4.79 Å². The fourth-order valence-electron chi connectivity index (χ4n) is 2.16. The van der Waals surface area contributed by atoms with Crippen molar-refractivity contribution < 1.29 is 9.90 Å². The molecule has 0 saturated heterocycles. The maximum absolute atomic E-state index is 12.0. The Bertz CT molecular complexity index is 408. The molecule has 1 aromatic rings. The Kier molecular flexibility index (Phi) is 4.18. The van der Waals surface area contributed by atoms with Crippen LogP contribution in [0.1, 0.15) is 36.0 Å². The number of hydrogen-bond acceptors (Lipinski definition) is 2. The van der Waals surface area contributed by atoms with Crippen LogP contribution in [0.25, 0.3) is 0 Å². The number of halogens is 1. The second-order valence-corrected chi connectivity index (χ2v) is 5.36. The maximum atomic E-state index is 12.0. The van der Waals surface area contributed by atoms with Crippen LogP contribution in [0.2, 0.25) is 0 Å². The summed E-state index contributed by atoms with van der Waals surface area (Å²) in [4.78, 5) is 12.0. The second-order valence-electron chi connectivity index (χ2n) is 4.44. The molecule has 3 nitrogen and oxygen atoms in total. The van der Waals surface area contributed by atoms with Gasteiger partial charge in [-0.1, -0.05) is 34.8 Å². The fraction of sp³-hybridized carbons (Fsp3) is 0.462. The molecule has 92 valence electrons. The van der Waals surface area contributed by atoms with Crippen molar-refractivity contribution in [3.63, 3.8) is 0 Å². The molecule has 1 aliphatic carbocycles. The van der Waals surface area contributed by atoms with Crippen molar-refractivity contribution in [3.05, 3.63) is 34.3 Å². The number of nitrogens with one attached hydrogen (secondary N) is 1. The van der Waals surface area contributed by atoms with Crippen molar-refractivity contribution in [3.8, 4) is 0 Å². The van der Waals surface area contributed by atoms with Crippen LogP contribution in [0.3, 0.4) is 0 Å². The molecule has 0 aromatic heterocycles. The SMILES string of the molecule is O=C(N[C@@H]1CCCC[C@@H]1O)c1cccc(Br)c1. The first-order chi connectivity index (χ1) is 8.16. The van der Waals surface area contributed by atoms with Crippen molar-refractivity contribution in [2.45, 2.75) is 37.8 Å². The number of hydrogen-bond donors (Lipinski definition) is 2. The van der Waals surface area contributed by atoms with Crippen LogP contribution >= 0.6 is 15.9 Å². The van der Waals surface area contributed by atoms with Crippen LogP contribution in [0, 0.1) is 0 Å². The predicted octanol–water partition coefficient (Wildman–Crippen LogP) is 2.48. The molecule has 2 atom stereocenters. The van der Waals surface area contributed by atoms with Gasteiger partial charge in [0.05, 0.1) is 12.1 Å². The number of benzene rings is 1. The van der Waals surface area contributed by atoms with Crippen LogP contribution < -0.4 is 5.32 Å². The molecule has 0 heterocycles. The van der Waals surface area contributed by atoms with Crippen molar-refractivity contribution in [1.82, 2.24) is 5.32 Å². The molecular formula is C13H16BrNO2. The summed E-state index contributed by atoms with van der Waals surface area (Å²) in [5.41, 5.74) is 0.622. The van der Waals surface area contributed by atoms with Crippen LogP contribution in [-0.4, -0.2) is 23.2 Å². The van der Waals surface area contributed by atoms with E-state index in [0.717, 1.165) is 30.2 Å². The minimum Gasteiger partial charge on any atom is -0.391 e. The van der Waals surface area contributed by atoms with Crippen molar-refractivity contribution >= 4 is 21.8 Å². The lowest BCUT2D eigenvalue weighted by Crippen LogP contribution is -2.45. The predicted molar refractivity (Wildman–Crippen MR) is 69.9 cm³/mol. The molecule has 0 unspecified atom stereocenters. The first-order valence-corrected chi connectivity index (χ1v) is 6.70. The van der Waals surface area contributed by atoms with Gasteiger partial charge < -0.3 is 10.4 Å². The van der Waals surface area contributed by atoms with Crippen molar-refractivity contribution in [2.75, 3.05) is 0 Å². The van der Waals surface area contributed by atoms with E-state index in [1.807, 2.05) is 12.1 Å². The molecular weight excluding hydrogens is 282 g/mol. The molecule has 0 aliphatic heterocycles. The zero-order valence-corrected chi connectivity index (χ0v) is 11.1. The Hall–Kier alpha value is -0.870. The van der Waals surface area contributed by atoms with E-state index in [9.17, 15) is 9.90 Å². The van der Waals surface area contributed by atoms with E-state index in [1.54, 1.807) is 12.1 Å². The molecule has 17 heavy (non-hydrogen) atoms. The lowest BCUT2D eigenvalue weighted by atomic mass is 9.92. The summed E-state index contributed by atoms with van der Waals surface area (Å²) >= 11 is 3.34. The monoisotopic (exact) mass is 297 g/mol. The second kappa shape index (κ2) is 5.65. The molecule has 1 saturated carbocycles. The molecule has 1 aliphatic rings. The van der Waals surface area contributed by atoms with Crippen LogP contribution in [0.5, 0.6) is 0 Å². The van der Waals surface area contributed by atoms with Crippen LogP contribution in [-0.2, 0) is 0 Å². The molecule has 1 aromatic carbocycles. The van der Waals surface area contributed by atoms with E-state index in [1.165, 1.54) is 0 Å². The lowest BCUT2D eigenvalue weighted by molar-refractivity contribution is 0.0717. The number of carbonyl (C=O) groups is 1. The largest absolute Gasteiger partial charge is 0.391 e. The van der Waals surface area contributed by atoms with Gasteiger partial charge >= 0.3 is 0 Å². The fourth-order valence-corrected chi connectivity index (χ4v) is 2.56. The summed E-state index contributed by atoms with van der Waals surface area (Å²) in [6.45, 7) is 0. The Balaban J connectivity index is 2.01. The Morgan fingerprint density at radius 1 is 1.35 bits per heavy atom. The van der Waals surface area contributed by atoms with Gasteiger partial charge in [0.2, 0.25) is 0 Å². The third-order valence-electron chi connectivity index (χ3n) is 3.13. The Morgan fingerprint density at radius 2 is 2.12 bits per heavy atom. The van der Waals surface area contributed by atoms with Gasteiger partial charge in [0.1, 0.15) is 0 Å². The van der Waals surface area contributed by atoms with E-state index in [2.05, 4.69) is 21.2 Å². The number of amides is 1. The zero-order chi connectivity index (χ0) is 12.3. The molecule has 0 radical (unpaired) electrons. The summed E-state index contributed by atoms with van der Waals surface area (Å²) in [7, 11) is 0.